The van der Waals surface area contributed by atoms with E-state index in [9.17, 15) is 17.6 Å². The summed E-state index contributed by atoms with van der Waals surface area (Å²) >= 11 is 0. The van der Waals surface area contributed by atoms with Crippen LogP contribution in [0.15, 0.2) is 24.4 Å². The zero-order valence-corrected chi connectivity index (χ0v) is 16.4. The number of methoxy groups -OCH3 is 1. The standard InChI is InChI=1S/C19H19F4N3O2.ClH/c1-27-16-11-15-13(10-14(16)20)12-2-3-24-18(19(21,22)23)17(12)26(15)5-4-25-6-8-28-9-7-25;/h2-3,10-11H,4-9H2,1H3;1H. The summed E-state index contributed by atoms with van der Waals surface area (Å²) in [6.07, 6.45) is -3.51. The summed E-state index contributed by atoms with van der Waals surface area (Å²) in [5.74, 6) is -0.628. The zero-order valence-electron chi connectivity index (χ0n) is 15.6. The average molecular weight is 434 g/mol. The zero-order chi connectivity index (χ0) is 19.9. The first-order valence-corrected chi connectivity index (χ1v) is 8.92. The van der Waals surface area contributed by atoms with E-state index in [2.05, 4.69) is 9.88 Å². The first kappa shape index (κ1) is 21.6. The van der Waals surface area contributed by atoms with Crippen molar-refractivity contribution in [2.45, 2.75) is 12.7 Å². The van der Waals surface area contributed by atoms with Gasteiger partial charge in [-0.05, 0) is 12.1 Å². The molecule has 10 heteroatoms. The Hall–Kier alpha value is -2.10. The Labute approximate surface area is 170 Å². The van der Waals surface area contributed by atoms with Crippen LogP contribution in [-0.4, -0.2) is 54.4 Å². The van der Waals surface area contributed by atoms with E-state index in [-0.39, 0.29) is 23.7 Å². The largest absolute Gasteiger partial charge is 0.494 e. The van der Waals surface area contributed by atoms with Crippen molar-refractivity contribution in [1.82, 2.24) is 14.5 Å². The number of fused-ring (bicyclic) bond motifs is 3. The van der Waals surface area contributed by atoms with Gasteiger partial charge in [0.25, 0.3) is 0 Å². The highest BCUT2D eigenvalue weighted by Crippen LogP contribution is 2.39. The van der Waals surface area contributed by atoms with Crippen LogP contribution < -0.4 is 4.74 Å². The Morgan fingerprint density at radius 1 is 1.14 bits per heavy atom. The lowest BCUT2D eigenvalue weighted by molar-refractivity contribution is -0.140. The Morgan fingerprint density at radius 2 is 1.86 bits per heavy atom. The number of nitrogens with zero attached hydrogens (tertiary/aromatic N) is 3. The van der Waals surface area contributed by atoms with E-state index in [4.69, 9.17) is 9.47 Å². The van der Waals surface area contributed by atoms with Crippen molar-refractivity contribution in [2.24, 2.45) is 0 Å². The Balaban J connectivity index is 0.00000240. The predicted molar refractivity (Wildman–Crippen MR) is 103 cm³/mol. The van der Waals surface area contributed by atoms with Crippen LogP contribution in [0.5, 0.6) is 5.75 Å². The summed E-state index contributed by atoms with van der Waals surface area (Å²) in [7, 11) is 1.33. The molecule has 1 saturated heterocycles. The average Bonchev–Trinajstić information content (AvgIpc) is 2.98. The second-order valence-electron chi connectivity index (χ2n) is 6.66. The third kappa shape index (κ3) is 3.99. The summed E-state index contributed by atoms with van der Waals surface area (Å²) < 4.78 is 67.1. The van der Waals surface area contributed by atoms with E-state index in [1.165, 1.54) is 25.3 Å². The minimum absolute atomic E-state index is 0. The molecular formula is C19H20ClF4N3O2. The number of rotatable bonds is 4. The monoisotopic (exact) mass is 433 g/mol. The van der Waals surface area contributed by atoms with Crippen molar-refractivity contribution < 1.29 is 27.0 Å². The SMILES string of the molecule is COc1cc2c(cc1F)c1ccnc(C(F)(F)F)c1n2CCN1CCOCC1.Cl. The van der Waals surface area contributed by atoms with Crippen molar-refractivity contribution in [3.63, 3.8) is 0 Å². The van der Waals surface area contributed by atoms with Gasteiger partial charge in [0.1, 0.15) is 0 Å². The van der Waals surface area contributed by atoms with Gasteiger partial charge < -0.3 is 14.0 Å². The van der Waals surface area contributed by atoms with Gasteiger partial charge in [-0.15, -0.1) is 12.4 Å². The fourth-order valence-electron chi connectivity index (χ4n) is 3.71. The van der Waals surface area contributed by atoms with Gasteiger partial charge in [-0.25, -0.2) is 9.37 Å². The second-order valence-corrected chi connectivity index (χ2v) is 6.66. The molecule has 1 aliphatic heterocycles. The molecule has 0 radical (unpaired) electrons. The molecule has 0 spiro atoms. The number of hydrogen-bond acceptors (Lipinski definition) is 4. The van der Waals surface area contributed by atoms with Crippen LogP contribution in [0.3, 0.4) is 0 Å². The number of pyridine rings is 1. The quantitative estimate of drug-likeness (QED) is 0.580. The number of morpholine rings is 1. The molecule has 0 N–H and O–H groups in total. The molecule has 5 nitrogen and oxygen atoms in total. The fraction of sp³-hybridized carbons (Fsp3) is 0.421. The summed E-state index contributed by atoms with van der Waals surface area (Å²) in [5.41, 5.74) is -0.520. The van der Waals surface area contributed by atoms with Crippen LogP contribution in [0.1, 0.15) is 5.69 Å². The molecule has 1 aliphatic rings. The number of benzene rings is 1. The van der Waals surface area contributed by atoms with Gasteiger partial charge in [0.2, 0.25) is 0 Å². The lowest BCUT2D eigenvalue weighted by Crippen LogP contribution is -2.38. The maximum Gasteiger partial charge on any atom is 0.435 e. The summed E-state index contributed by atoms with van der Waals surface area (Å²) in [4.78, 5) is 5.72. The Morgan fingerprint density at radius 3 is 2.52 bits per heavy atom. The summed E-state index contributed by atoms with van der Waals surface area (Å²) in [5, 5.41) is 0.726. The second kappa shape index (κ2) is 8.33. The Kier molecular flexibility index (Phi) is 6.21. The van der Waals surface area contributed by atoms with Gasteiger partial charge in [-0.2, -0.15) is 13.2 Å². The molecule has 4 rings (SSSR count). The van der Waals surface area contributed by atoms with Gasteiger partial charge in [-0.1, -0.05) is 0 Å². The predicted octanol–water partition coefficient (Wildman–Crippen LogP) is 4.11. The highest BCUT2D eigenvalue weighted by atomic mass is 35.5. The summed E-state index contributed by atoms with van der Waals surface area (Å²) in [6.45, 7) is 3.50. The molecule has 0 bridgehead atoms. The molecule has 3 aromatic rings. The van der Waals surface area contributed by atoms with Gasteiger partial charge in [0.15, 0.2) is 17.3 Å². The van der Waals surface area contributed by atoms with E-state index < -0.39 is 17.7 Å². The first-order valence-electron chi connectivity index (χ1n) is 8.92. The van der Waals surface area contributed by atoms with Crippen molar-refractivity contribution in [2.75, 3.05) is 40.0 Å². The van der Waals surface area contributed by atoms with Gasteiger partial charge in [-0.3, -0.25) is 4.90 Å². The van der Waals surface area contributed by atoms with Crippen LogP contribution in [0, 0.1) is 5.82 Å². The third-order valence-corrected chi connectivity index (χ3v) is 5.06. The highest BCUT2D eigenvalue weighted by Gasteiger charge is 2.36. The van der Waals surface area contributed by atoms with Gasteiger partial charge >= 0.3 is 6.18 Å². The van der Waals surface area contributed by atoms with E-state index in [0.29, 0.717) is 42.6 Å². The number of alkyl halides is 3. The maximum absolute atomic E-state index is 14.3. The first-order chi connectivity index (χ1) is 13.4. The third-order valence-electron chi connectivity index (χ3n) is 5.06. The highest BCUT2D eigenvalue weighted by molar-refractivity contribution is 6.09. The topological polar surface area (TPSA) is 39.5 Å². The molecule has 2 aromatic heterocycles. The van der Waals surface area contributed by atoms with E-state index in [1.54, 1.807) is 4.57 Å². The number of aromatic nitrogens is 2. The molecule has 0 aliphatic carbocycles. The number of ether oxygens (including phenoxy) is 2. The minimum atomic E-state index is -4.62. The van der Waals surface area contributed by atoms with E-state index in [1.807, 2.05) is 0 Å². The summed E-state index contributed by atoms with van der Waals surface area (Å²) in [6, 6.07) is 4.16. The molecule has 158 valence electrons. The minimum Gasteiger partial charge on any atom is -0.494 e. The van der Waals surface area contributed by atoms with Crippen LogP contribution >= 0.6 is 12.4 Å². The maximum atomic E-state index is 14.3. The lowest BCUT2D eigenvalue weighted by Gasteiger charge is -2.27. The van der Waals surface area contributed by atoms with Crippen LogP contribution in [-0.2, 0) is 17.5 Å². The van der Waals surface area contributed by atoms with Crippen LogP contribution in [0.4, 0.5) is 17.6 Å². The molecule has 0 unspecified atom stereocenters. The number of hydrogen-bond donors (Lipinski definition) is 0. The van der Waals surface area contributed by atoms with Crippen molar-refractivity contribution in [3.05, 3.63) is 35.9 Å². The van der Waals surface area contributed by atoms with Crippen LogP contribution in [0.2, 0.25) is 0 Å². The molecule has 0 amide bonds. The van der Waals surface area contributed by atoms with Gasteiger partial charge in [0, 0.05) is 49.2 Å². The van der Waals surface area contributed by atoms with E-state index in [0.717, 1.165) is 19.3 Å². The van der Waals surface area contributed by atoms with Crippen LogP contribution in [0.25, 0.3) is 21.8 Å². The molecule has 1 aromatic carbocycles. The molecule has 0 atom stereocenters. The molecule has 0 saturated carbocycles. The van der Waals surface area contributed by atoms with Crippen molar-refractivity contribution in [1.29, 1.82) is 0 Å². The van der Waals surface area contributed by atoms with E-state index >= 15 is 0 Å². The van der Waals surface area contributed by atoms with Gasteiger partial charge in [0.05, 0.1) is 31.4 Å². The molecule has 1 fully saturated rings. The molecule has 29 heavy (non-hydrogen) atoms. The normalized spacial score (nSPS) is 15.6. The molecular weight excluding hydrogens is 414 g/mol. The fourth-order valence-corrected chi connectivity index (χ4v) is 3.71. The molecule has 3 heterocycles. The van der Waals surface area contributed by atoms with Crippen molar-refractivity contribution in [3.8, 4) is 5.75 Å². The lowest BCUT2D eigenvalue weighted by atomic mass is 10.1. The smallest absolute Gasteiger partial charge is 0.435 e. The Bertz CT molecular complexity index is 1020. The van der Waals surface area contributed by atoms with Crippen molar-refractivity contribution >= 4 is 34.2 Å². The number of halogens is 5.